The lowest BCUT2D eigenvalue weighted by Gasteiger charge is -2.54. The summed E-state index contributed by atoms with van der Waals surface area (Å²) >= 11 is 0. The predicted molar refractivity (Wildman–Crippen MR) is 121 cm³/mol. The summed E-state index contributed by atoms with van der Waals surface area (Å²) in [7, 11) is -3.95. The molecule has 1 saturated heterocycles. The summed E-state index contributed by atoms with van der Waals surface area (Å²) in [5.74, 6) is 0. The molecule has 1 aliphatic carbocycles. The fraction of sp³-hybridized carbons (Fsp3) is 0.308. The Hall–Kier alpha value is -2.68. The molecule has 0 amide bonds. The summed E-state index contributed by atoms with van der Waals surface area (Å²) in [5, 5.41) is 0. The maximum atomic E-state index is 13.7. The average Bonchev–Trinajstić information content (AvgIpc) is 3.62. The van der Waals surface area contributed by atoms with Gasteiger partial charge in [0.1, 0.15) is 6.23 Å². The van der Waals surface area contributed by atoms with E-state index in [1.165, 1.54) is 16.4 Å². The number of alkyl halides is 3. The first-order valence-electron chi connectivity index (χ1n) is 11.1. The van der Waals surface area contributed by atoms with Gasteiger partial charge < -0.3 is 4.74 Å². The van der Waals surface area contributed by atoms with E-state index in [1.807, 2.05) is 37.3 Å². The van der Waals surface area contributed by atoms with Crippen LogP contribution in [0.5, 0.6) is 0 Å². The van der Waals surface area contributed by atoms with Crippen molar-refractivity contribution in [3.05, 3.63) is 101 Å². The quantitative estimate of drug-likeness (QED) is 0.423. The molecular formula is C26H24F3NO3S. The van der Waals surface area contributed by atoms with Crippen molar-refractivity contribution in [2.75, 3.05) is 0 Å². The van der Waals surface area contributed by atoms with Crippen molar-refractivity contribution in [1.82, 2.24) is 4.31 Å². The molecule has 34 heavy (non-hydrogen) atoms. The molecule has 178 valence electrons. The van der Waals surface area contributed by atoms with E-state index in [4.69, 9.17) is 4.74 Å². The summed E-state index contributed by atoms with van der Waals surface area (Å²) in [6.45, 7) is 2.11. The molecule has 3 aromatic carbocycles. The fourth-order valence-electron chi connectivity index (χ4n) is 4.78. The Kier molecular flexibility index (Phi) is 5.58. The third kappa shape index (κ3) is 3.93. The molecule has 0 bridgehead atoms. The van der Waals surface area contributed by atoms with E-state index < -0.39 is 39.4 Å². The van der Waals surface area contributed by atoms with E-state index in [0.29, 0.717) is 5.56 Å². The minimum absolute atomic E-state index is 0.138. The summed E-state index contributed by atoms with van der Waals surface area (Å²) in [4.78, 5) is 0.138. The first kappa shape index (κ1) is 23.1. The van der Waals surface area contributed by atoms with Gasteiger partial charge in [-0.15, -0.1) is 0 Å². The lowest BCUT2D eigenvalue weighted by atomic mass is 9.80. The molecule has 1 heterocycles. The van der Waals surface area contributed by atoms with Gasteiger partial charge in [0.25, 0.3) is 0 Å². The predicted octanol–water partition coefficient (Wildman–Crippen LogP) is 6.08. The van der Waals surface area contributed by atoms with Gasteiger partial charge in [0.05, 0.1) is 23.1 Å². The van der Waals surface area contributed by atoms with Crippen LogP contribution >= 0.6 is 0 Å². The van der Waals surface area contributed by atoms with E-state index in [-0.39, 0.29) is 11.5 Å². The van der Waals surface area contributed by atoms with Crippen LogP contribution in [-0.2, 0) is 27.5 Å². The van der Waals surface area contributed by atoms with Crippen LogP contribution in [0.1, 0.15) is 41.1 Å². The zero-order valence-electron chi connectivity index (χ0n) is 18.5. The molecule has 4 nitrogen and oxygen atoms in total. The monoisotopic (exact) mass is 487 g/mol. The van der Waals surface area contributed by atoms with Gasteiger partial charge in [-0.3, -0.25) is 0 Å². The first-order chi connectivity index (χ1) is 16.1. The van der Waals surface area contributed by atoms with Gasteiger partial charge in [0, 0.05) is 5.41 Å². The van der Waals surface area contributed by atoms with Gasteiger partial charge in [-0.1, -0.05) is 60.2 Å². The molecule has 2 aliphatic rings. The Bertz CT molecular complexity index is 1270. The van der Waals surface area contributed by atoms with Gasteiger partial charge >= 0.3 is 6.18 Å². The highest BCUT2D eigenvalue weighted by atomic mass is 32.2. The van der Waals surface area contributed by atoms with E-state index in [2.05, 4.69) is 0 Å². The number of aryl methyl sites for hydroxylation is 1. The highest BCUT2D eigenvalue weighted by Gasteiger charge is 2.72. The molecule has 1 saturated carbocycles. The Balaban J connectivity index is 1.51. The van der Waals surface area contributed by atoms with E-state index in [1.54, 1.807) is 24.3 Å². The van der Waals surface area contributed by atoms with Gasteiger partial charge in [-0.2, -0.15) is 17.5 Å². The van der Waals surface area contributed by atoms with Crippen molar-refractivity contribution < 1.29 is 26.3 Å². The number of ether oxygens (including phenoxy) is 1. The molecule has 2 atom stereocenters. The highest BCUT2D eigenvalue weighted by molar-refractivity contribution is 7.89. The fourth-order valence-corrected chi connectivity index (χ4v) is 6.63. The normalized spacial score (nSPS) is 21.9. The van der Waals surface area contributed by atoms with Crippen LogP contribution in [0.15, 0.2) is 83.8 Å². The van der Waals surface area contributed by atoms with Crippen molar-refractivity contribution in [3.8, 4) is 0 Å². The van der Waals surface area contributed by atoms with E-state index in [9.17, 15) is 21.6 Å². The first-order valence-corrected chi connectivity index (χ1v) is 12.5. The number of rotatable bonds is 6. The van der Waals surface area contributed by atoms with Crippen LogP contribution in [0.25, 0.3) is 0 Å². The summed E-state index contributed by atoms with van der Waals surface area (Å²) < 4.78 is 74.3. The topological polar surface area (TPSA) is 46.6 Å². The third-order valence-corrected chi connectivity index (χ3v) is 8.58. The molecular weight excluding hydrogens is 463 g/mol. The highest BCUT2D eigenvalue weighted by Crippen LogP contribution is 2.70. The Labute approximate surface area is 197 Å². The van der Waals surface area contributed by atoms with Gasteiger partial charge in [-0.25, -0.2) is 8.42 Å². The van der Waals surface area contributed by atoms with Crippen LogP contribution < -0.4 is 0 Å². The Morgan fingerprint density at radius 3 is 2.12 bits per heavy atom. The molecule has 0 aromatic heterocycles. The van der Waals surface area contributed by atoms with Crippen molar-refractivity contribution >= 4 is 10.0 Å². The van der Waals surface area contributed by atoms with Gasteiger partial charge in [-0.05, 0) is 55.2 Å². The van der Waals surface area contributed by atoms with Crippen LogP contribution in [0.2, 0.25) is 0 Å². The molecule has 2 unspecified atom stereocenters. The molecule has 1 spiro atoms. The van der Waals surface area contributed by atoms with Crippen molar-refractivity contribution in [2.24, 2.45) is 5.41 Å². The number of benzene rings is 3. The summed E-state index contributed by atoms with van der Waals surface area (Å²) in [6.07, 6.45) is -3.65. The second kappa shape index (κ2) is 8.22. The Morgan fingerprint density at radius 1 is 0.941 bits per heavy atom. The molecule has 5 rings (SSSR count). The zero-order chi connectivity index (χ0) is 24.1. The van der Waals surface area contributed by atoms with Crippen molar-refractivity contribution in [3.63, 3.8) is 0 Å². The summed E-state index contributed by atoms with van der Waals surface area (Å²) in [5.41, 5.74) is 1.19. The van der Waals surface area contributed by atoms with E-state index in [0.717, 1.165) is 36.1 Å². The van der Waals surface area contributed by atoms with E-state index >= 15 is 0 Å². The summed E-state index contributed by atoms with van der Waals surface area (Å²) in [6, 6.07) is 20.3. The van der Waals surface area contributed by atoms with Crippen molar-refractivity contribution in [2.45, 2.75) is 49.7 Å². The zero-order valence-corrected chi connectivity index (χ0v) is 19.3. The molecule has 0 radical (unpaired) electrons. The standard InChI is InChI=1S/C26H24F3NO3S/c1-18-7-13-22(14-8-18)34(31,32)30-23(20-9-11-21(12-10-20)26(27,28)29)25(15-16-25)24(30)33-17-19-5-3-2-4-6-19/h2-14,23-24H,15-17H2,1H3. The maximum Gasteiger partial charge on any atom is 0.416 e. The largest absolute Gasteiger partial charge is 0.416 e. The SMILES string of the molecule is Cc1ccc(S(=O)(=O)N2C(OCc3ccccc3)C3(CC3)C2c2ccc(C(F)(F)F)cc2)cc1. The maximum absolute atomic E-state index is 13.7. The number of nitrogens with zero attached hydrogens (tertiary/aromatic N) is 1. The van der Waals surface area contributed by atoms with Crippen molar-refractivity contribution in [1.29, 1.82) is 0 Å². The average molecular weight is 488 g/mol. The van der Waals surface area contributed by atoms with Gasteiger partial charge in [0.15, 0.2) is 0 Å². The molecule has 0 N–H and O–H groups in total. The molecule has 1 aliphatic heterocycles. The van der Waals surface area contributed by atoms with Crippen LogP contribution in [-0.4, -0.2) is 19.0 Å². The van der Waals surface area contributed by atoms with Crippen LogP contribution in [0.4, 0.5) is 13.2 Å². The molecule has 8 heteroatoms. The Morgan fingerprint density at radius 2 is 1.56 bits per heavy atom. The molecule has 3 aromatic rings. The lowest BCUT2D eigenvalue weighted by Crippen LogP contribution is -2.63. The lowest BCUT2D eigenvalue weighted by molar-refractivity contribution is -0.184. The van der Waals surface area contributed by atoms with Gasteiger partial charge in [0.2, 0.25) is 10.0 Å². The van der Waals surface area contributed by atoms with Crippen LogP contribution in [0.3, 0.4) is 0 Å². The smallest absolute Gasteiger partial charge is 0.357 e. The number of hydrogen-bond acceptors (Lipinski definition) is 3. The van der Waals surface area contributed by atoms with Crippen LogP contribution in [0, 0.1) is 12.3 Å². The minimum atomic E-state index is -4.45. The third-order valence-electron chi connectivity index (χ3n) is 6.75. The number of hydrogen-bond donors (Lipinski definition) is 0. The molecule has 2 fully saturated rings. The second-order valence-corrected chi connectivity index (χ2v) is 10.9. The minimum Gasteiger partial charge on any atom is -0.357 e. The second-order valence-electron chi connectivity index (χ2n) is 9.05. The number of halogens is 3. The number of sulfonamides is 1.